The van der Waals surface area contributed by atoms with Gasteiger partial charge in [-0.1, -0.05) is 29.3 Å². The topological polar surface area (TPSA) is 57.6 Å². The molecule has 0 saturated carbocycles. The van der Waals surface area contributed by atoms with Crippen LogP contribution in [0.3, 0.4) is 0 Å². The average molecular weight is 289 g/mol. The summed E-state index contributed by atoms with van der Waals surface area (Å²) in [7, 11) is 0. The lowest BCUT2D eigenvalue weighted by Crippen LogP contribution is -2.38. The minimum atomic E-state index is -0.813. The highest BCUT2D eigenvalue weighted by Gasteiger charge is 2.37. The van der Waals surface area contributed by atoms with E-state index < -0.39 is 11.9 Å². The van der Waals surface area contributed by atoms with Gasteiger partial charge in [0.25, 0.3) is 0 Å². The standard InChI is InChI=1S/C17H23NO3/c1-4-18-15(19)7-5-6-14(17(20)21)16(18)13-9-11(2)8-12(3)10-13/h8-10,14,16H,4-7H2,1-3H3,(H,20,21). The number of aryl methyl sites for hydroxylation is 2. The molecule has 0 aromatic heterocycles. The molecular formula is C17H23NO3. The highest BCUT2D eigenvalue weighted by molar-refractivity contribution is 5.79. The van der Waals surface area contributed by atoms with Gasteiger partial charge in [0.1, 0.15) is 0 Å². The molecule has 1 aliphatic heterocycles. The summed E-state index contributed by atoms with van der Waals surface area (Å²) in [6.45, 7) is 6.46. The number of hydrogen-bond acceptors (Lipinski definition) is 2. The van der Waals surface area contributed by atoms with Gasteiger partial charge in [-0.05, 0) is 39.2 Å². The molecule has 1 aliphatic rings. The zero-order valence-electron chi connectivity index (χ0n) is 12.9. The summed E-state index contributed by atoms with van der Waals surface area (Å²) in [5, 5.41) is 9.60. The number of carbonyl (C=O) groups is 2. The molecular weight excluding hydrogens is 266 g/mol. The van der Waals surface area contributed by atoms with Gasteiger partial charge < -0.3 is 10.0 Å². The second-order valence-electron chi connectivity index (χ2n) is 5.88. The molecule has 1 N–H and O–H groups in total. The van der Waals surface area contributed by atoms with E-state index in [1.54, 1.807) is 4.90 Å². The van der Waals surface area contributed by atoms with E-state index in [1.165, 1.54) is 0 Å². The molecule has 4 heteroatoms. The van der Waals surface area contributed by atoms with E-state index in [0.29, 0.717) is 25.8 Å². The number of benzene rings is 1. The van der Waals surface area contributed by atoms with Crippen molar-refractivity contribution >= 4 is 11.9 Å². The lowest BCUT2D eigenvalue weighted by molar-refractivity contribution is -0.146. The van der Waals surface area contributed by atoms with Crippen molar-refractivity contribution in [3.63, 3.8) is 0 Å². The number of likely N-dealkylation sites (tertiary alicyclic amines) is 1. The Morgan fingerprint density at radius 3 is 2.43 bits per heavy atom. The highest BCUT2D eigenvalue weighted by atomic mass is 16.4. The van der Waals surface area contributed by atoms with Crippen LogP contribution in [0.1, 0.15) is 48.9 Å². The van der Waals surface area contributed by atoms with E-state index in [9.17, 15) is 14.7 Å². The van der Waals surface area contributed by atoms with Crippen molar-refractivity contribution in [2.45, 2.75) is 46.1 Å². The maximum absolute atomic E-state index is 12.3. The van der Waals surface area contributed by atoms with E-state index in [-0.39, 0.29) is 11.9 Å². The molecule has 2 unspecified atom stereocenters. The first-order valence-electron chi connectivity index (χ1n) is 7.54. The first-order valence-corrected chi connectivity index (χ1v) is 7.54. The molecule has 1 heterocycles. The highest BCUT2D eigenvalue weighted by Crippen LogP contribution is 2.36. The van der Waals surface area contributed by atoms with Gasteiger partial charge >= 0.3 is 5.97 Å². The molecule has 114 valence electrons. The third kappa shape index (κ3) is 3.26. The Kier molecular flexibility index (Phi) is 4.66. The first-order chi connectivity index (χ1) is 9.93. The van der Waals surface area contributed by atoms with Gasteiger partial charge in [-0.3, -0.25) is 9.59 Å². The van der Waals surface area contributed by atoms with Crippen molar-refractivity contribution in [1.29, 1.82) is 0 Å². The van der Waals surface area contributed by atoms with Crippen LogP contribution < -0.4 is 0 Å². The van der Waals surface area contributed by atoms with E-state index in [0.717, 1.165) is 16.7 Å². The predicted octanol–water partition coefficient (Wildman–Crippen LogP) is 3.08. The first kappa shape index (κ1) is 15.5. The van der Waals surface area contributed by atoms with Crippen molar-refractivity contribution in [1.82, 2.24) is 4.90 Å². The maximum Gasteiger partial charge on any atom is 0.308 e. The average Bonchev–Trinajstić information content (AvgIpc) is 2.56. The Hall–Kier alpha value is -1.84. The third-order valence-electron chi connectivity index (χ3n) is 4.19. The molecule has 1 aromatic rings. The van der Waals surface area contributed by atoms with E-state index in [1.807, 2.05) is 32.9 Å². The molecule has 0 spiro atoms. The minimum absolute atomic E-state index is 0.0606. The predicted molar refractivity (Wildman–Crippen MR) is 81.0 cm³/mol. The number of carbonyl (C=O) groups excluding carboxylic acids is 1. The summed E-state index contributed by atoms with van der Waals surface area (Å²) in [5.41, 5.74) is 3.14. The number of carboxylic acids is 1. The molecule has 1 aromatic carbocycles. The second-order valence-corrected chi connectivity index (χ2v) is 5.88. The Morgan fingerprint density at radius 2 is 1.90 bits per heavy atom. The Labute approximate surface area is 125 Å². The summed E-state index contributed by atoms with van der Waals surface area (Å²) < 4.78 is 0. The zero-order valence-corrected chi connectivity index (χ0v) is 12.9. The third-order valence-corrected chi connectivity index (χ3v) is 4.19. The van der Waals surface area contributed by atoms with Crippen molar-refractivity contribution in [3.05, 3.63) is 34.9 Å². The molecule has 2 atom stereocenters. The summed E-state index contributed by atoms with van der Waals surface area (Å²) in [4.78, 5) is 25.7. The minimum Gasteiger partial charge on any atom is -0.481 e. The number of rotatable bonds is 3. The molecule has 1 amide bonds. The Morgan fingerprint density at radius 1 is 1.29 bits per heavy atom. The van der Waals surface area contributed by atoms with Crippen LogP contribution in [0.25, 0.3) is 0 Å². The van der Waals surface area contributed by atoms with Crippen LogP contribution >= 0.6 is 0 Å². The van der Waals surface area contributed by atoms with E-state index in [2.05, 4.69) is 6.07 Å². The Bertz CT molecular complexity index is 531. The summed E-state index contributed by atoms with van der Waals surface area (Å²) >= 11 is 0. The van der Waals surface area contributed by atoms with Gasteiger partial charge in [0, 0.05) is 13.0 Å². The number of nitrogens with zero attached hydrogens (tertiary/aromatic N) is 1. The molecule has 1 saturated heterocycles. The quantitative estimate of drug-likeness (QED) is 0.930. The second kappa shape index (κ2) is 6.29. The fourth-order valence-corrected chi connectivity index (χ4v) is 3.37. The number of hydrogen-bond donors (Lipinski definition) is 1. The zero-order chi connectivity index (χ0) is 15.6. The van der Waals surface area contributed by atoms with Crippen molar-refractivity contribution < 1.29 is 14.7 Å². The molecule has 2 rings (SSSR count). The van der Waals surface area contributed by atoms with Gasteiger partial charge in [0.2, 0.25) is 5.91 Å². The normalized spacial score (nSPS) is 23.0. The lowest BCUT2D eigenvalue weighted by Gasteiger charge is -2.33. The van der Waals surface area contributed by atoms with E-state index >= 15 is 0 Å². The molecule has 21 heavy (non-hydrogen) atoms. The van der Waals surface area contributed by atoms with Gasteiger partial charge in [0.05, 0.1) is 12.0 Å². The van der Waals surface area contributed by atoms with Crippen LogP contribution in [-0.2, 0) is 9.59 Å². The summed E-state index contributed by atoms with van der Waals surface area (Å²) in [5.74, 6) is -1.28. The largest absolute Gasteiger partial charge is 0.481 e. The Balaban J connectivity index is 2.53. The fourth-order valence-electron chi connectivity index (χ4n) is 3.37. The molecule has 1 fully saturated rings. The monoisotopic (exact) mass is 289 g/mol. The van der Waals surface area contributed by atoms with Crippen LogP contribution in [0.2, 0.25) is 0 Å². The van der Waals surface area contributed by atoms with Crippen molar-refractivity contribution in [2.75, 3.05) is 6.54 Å². The van der Waals surface area contributed by atoms with Gasteiger partial charge in [-0.25, -0.2) is 0 Å². The number of aliphatic carboxylic acids is 1. The van der Waals surface area contributed by atoms with Gasteiger partial charge in [0.15, 0.2) is 0 Å². The maximum atomic E-state index is 12.3. The molecule has 0 aliphatic carbocycles. The number of amides is 1. The molecule has 0 radical (unpaired) electrons. The summed E-state index contributed by atoms with van der Waals surface area (Å²) in [6, 6.07) is 5.72. The van der Waals surface area contributed by atoms with Crippen molar-refractivity contribution in [3.8, 4) is 0 Å². The van der Waals surface area contributed by atoms with Crippen LogP contribution in [0, 0.1) is 19.8 Å². The van der Waals surface area contributed by atoms with Crippen LogP contribution in [0.15, 0.2) is 18.2 Å². The SMILES string of the molecule is CCN1C(=O)CCCC(C(=O)O)C1c1cc(C)cc(C)c1. The van der Waals surface area contributed by atoms with Crippen molar-refractivity contribution in [2.24, 2.45) is 5.92 Å². The van der Waals surface area contributed by atoms with Gasteiger partial charge in [-0.15, -0.1) is 0 Å². The van der Waals surface area contributed by atoms with Crippen LogP contribution in [0.4, 0.5) is 0 Å². The van der Waals surface area contributed by atoms with Crippen LogP contribution in [0.5, 0.6) is 0 Å². The number of carboxylic acid groups (broad SMARTS) is 1. The van der Waals surface area contributed by atoms with Crippen LogP contribution in [-0.4, -0.2) is 28.4 Å². The summed E-state index contributed by atoms with van der Waals surface area (Å²) in [6.07, 6.45) is 1.64. The smallest absolute Gasteiger partial charge is 0.308 e. The lowest BCUT2D eigenvalue weighted by atomic mass is 9.88. The molecule has 4 nitrogen and oxygen atoms in total. The fraction of sp³-hybridized carbons (Fsp3) is 0.529. The molecule has 0 bridgehead atoms. The van der Waals surface area contributed by atoms with Gasteiger partial charge in [-0.2, -0.15) is 0 Å². The van der Waals surface area contributed by atoms with E-state index in [4.69, 9.17) is 0 Å².